The van der Waals surface area contributed by atoms with Gasteiger partial charge in [0.2, 0.25) is 0 Å². The van der Waals surface area contributed by atoms with Crippen LogP contribution in [0.3, 0.4) is 0 Å². The van der Waals surface area contributed by atoms with Gasteiger partial charge < -0.3 is 14.8 Å². The molecular formula is C16H17N3O5. The van der Waals surface area contributed by atoms with Crippen LogP contribution in [0, 0.1) is 10.1 Å². The molecule has 0 radical (unpaired) electrons. The summed E-state index contributed by atoms with van der Waals surface area (Å²) in [6, 6.07) is 7.28. The van der Waals surface area contributed by atoms with Crippen molar-refractivity contribution in [3.05, 3.63) is 56.1 Å². The van der Waals surface area contributed by atoms with Crippen LogP contribution >= 0.6 is 0 Å². The van der Waals surface area contributed by atoms with E-state index in [0.717, 1.165) is 24.2 Å². The lowest BCUT2D eigenvalue weighted by molar-refractivity contribution is -0.387. The second-order valence-corrected chi connectivity index (χ2v) is 4.98. The molecule has 2 rings (SSSR count). The van der Waals surface area contributed by atoms with Crippen molar-refractivity contribution in [2.75, 3.05) is 6.61 Å². The maximum atomic E-state index is 11.5. The lowest BCUT2D eigenvalue weighted by atomic mass is 10.2. The summed E-state index contributed by atoms with van der Waals surface area (Å²) >= 11 is 0. The van der Waals surface area contributed by atoms with Gasteiger partial charge in [-0.3, -0.25) is 14.9 Å². The molecule has 0 amide bonds. The maximum Gasteiger partial charge on any atom is 0.395 e. The number of aromatic nitrogens is 2. The molecular weight excluding hydrogens is 314 g/mol. The number of hydrogen-bond donors (Lipinski definition) is 2. The van der Waals surface area contributed by atoms with Crippen molar-refractivity contribution < 1.29 is 14.8 Å². The predicted molar refractivity (Wildman–Crippen MR) is 88.9 cm³/mol. The van der Waals surface area contributed by atoms with E-state index in [2.05, 4.69) is 16.9 Å². The Balaban J connectivity index is 2.11. The molecule has 2 aromatic rings. The Kier molecular flexibility index (Phi) is 5.67. The van der Waals surface area contributed by atoms with E-state index in [1.54, 1.807) is 6.08 Å². The van der Waals surface area contributed by atoms with Crippen LogP contribution in [0.5, 0.6) is 11.6 Å². The number of nitrogens with zero attached hydrogens (tertiary/aromatic N) is 2. The van der Waals surface area contributed by atoms with E-state index in [4.69, 9.17) is 4.74 Å². The quantitative estimate of drug-likeness (QED) is 0.457. The number of nitrogens with one attached hydrogen (secondary N) is 1. The highest BCUT2D eigenvalue weighted by atomic mass is 16.6. The highest BCUT2D eigenvalue weighted by Crippen LogP contribution is 2.18. The predicted octanol–water partition coefficient (Wildman–Crippen LogP) is 2.73. The molecule has 0 bridgehead atoms. The number of hydrogen-bond acceptors (Lipinski definition) is 6. The molecule has 1 heterocycles. The molecule has 0 aliphatic rings. The van der Waals surface area contributed by atoms with Gasteiger partial charge in [0.15, 0.2) is 0 Å². The number of nitro groups is 1. The lowest BCUT2D eigenvalue weighted by Gasteiger charge is -2.05. The zero-order valence-corrected chi connectivity index (χ0v) is 13.1. The number of ether oxygens (including phenoxy) is 1. The van der Waals surface area contributed by atoms with Gasteiger partial charge in [-0.2, -0.15) is 4.98 Å². The van der Waals surface area contributed by atoms with Crippen molar-refractivity contribution in [1.82, 2.24) is 9.97 Å². The van der Waals surface area contributed by atoms with E-state index in [-0.39, 0.29) is 5.82 Å². The molecule has 8 nitrogen and oxygen atoms in total. The molecule has 24 heavy (non-hydrogen) atoms. The molecule has 0 aliphatic carbocycles. The first-order valence-electron chi connectivity index (χ1n) is 7.40. The van der Waals surface area contributed by atoms with E-state index in [9.17, 15) is 20.0 Å². The molecule has 0 saturated heterocycles. The second kappa shape index (κ2) is 7.91. The number of aromatic hydroxyl groups is 1. The summed E-state index contributed by atoms with van der Waals surface area (Å²) in [4.78, 5) is 27.0. The first kappa shape index (κ1) is 17.2. The van der Waals surface area contributed by atoms with Gasteiger partial charge in [0.05, 0.1) is 11.5 Å². The zero-order valence-electron chi connectivity index (χ0n) is 13.1. The highest BCUT2D eigenvalue weighted by Gasteiger charge is 2.21. The number of unbranched alkanes of at least 4 members (excludes halogenated alkanes) is 1. The topological polar surface area (TPSA) is 118 Å². The standard InChI is InChI=1S/C16H17N3O5/c1-2-3-10-24-12-7-4-11(5-8-12)6-9-13-17-15(20)14(19(22)23)16(21)18-13/h4-9H,2-3,10H2,1H3,(H2,17,18,20,21)/b9-6+. The summed E-state index contributed by atoms with van der Waals surface area (Å²) in [5.41, 5.74) is -1.16. The summed E-state index contributed by atoms with van der Waals surface area (Å²) in [5.74, 6) is -0.130. The molecule has 0 atom stereocenters. The minimum absolute atomic E-state index is 0.0198. The molecule has 1 aromatic carbocycles. The molecule has 2 N–H and O–H groups in total. The van der Waals surface area contributed by atoms with Gasteiger partial charge in [-0.05, 0) is 30.2 Å². The summed E-state index contributed by atoms with van der Waals surface area (Å²) in [5, 5.41) is 20.1. The second-order valence-electron chi connectivity index (χ2n) is 4.98. The van der Waals surface area contributed by atoms with Crippen molar-refractivity contribution in [3.8, 4) is 11.6 Å². The van der Waals surface area contributed by atoms with Crippen LogP contribution in [-0.2, 0) is 0 Å². The Morgan fingerprint density at radius 1 is 1.33 bits per heavy atom. The monoisotopic (exact) mass is 331 g/mol. The fourth-order valence-electron chi connectivity index (χ4n) is 1.90. The summed E-state index contributed by atoms with van der Waals surface area (Å²) < 4.78 is 5.55. The van der Waals surface area contributed by atoms with E-state index >= 15 is 0 Å². The van der Waals surface area contributed by atoms with Crippen molar-refractivity contribution in [2.24, 2.45) is 0 Å². The van der Waals surface area contributed by atoms with Crippen LogP contribution in [0.15, 0.2) is 29.1 Å². The number of benzene rings is 1. The van der Waals surface area contributed by atoms with E-state index < -0.39 is 22.0 Å². The van der Waals surface area contributed by atoms with E-state index in [1.807, 2.05) is 24.3 Å². The molecule has 0 fully saturated rings. The minimum Gasteiger partial charge on any atom is -0.494 e. The Morgan fingerprint density at radius 2 is 2.04 bits per heavy atom. The van der Waals surface area contributed by atoms with Gasteiger partial charge in [-0.15, -0.1) is 0 Å². The molecule has 0 unspecified atom stereocenters. The van der Waals surface area contributed by atoms with Crippen LogP contribution in [-0.4, -0.2) is 26.6 Å². The summed E-state index contributed by atoms with van der Waals surface area (Å²) in [6.07, 6.45) is 5.15. The Morgan fingerprint density at radius 3 is 2.62 bits per heavy atom. The zero-order chi connectivity index (χ0) is 17.5. The van der Waals surface area contributed by atoms with Crippen molar-refractivity contribution in [2.45, 2.75) is 19.8 Å². The van der Waals surface area contributed by atoms with E-state index in [0.29, 0.717) is 6.61 Å². The Bertz CT molecular complexity index is 796. The van der Waals surface area contributed by atoms with Gasteiger partial charge in [0.1, 0.15) is 11.6 Å². The summed E-state index contributed by atoms with van der Waals surface area (Å²) in [7, 11) is 0. The average molecular weight is 331 g/mol. The normalized spacial score (nSPS) is 10.9. The van der Waals surface area contributed by atoms with Gasteiger partial charge in [0, 0.05) is 0 Å². The molecule has 8 heteroatoms. The fourth-order valence-corrected chi connectivity index (χ4v) is 1.90. The van der Waals surface area contributed by atoms with Gasteiger partial charge in [-0.1, -0.05) is 31.6 Å². The largest absolute Gasteiger partial charge is 0.494 e. The molecule has 0 saturated carbocycles. The van der Waals surface area contributed by atoms with Crippen LogP contribution in [0.1, 0.15) is 31.2 Å². The van der Waals surface area contributed by atoms with Crippen LogP contribution < -0.4 is 10.3 Å². The Hall–Kier alpha value is -3.16. The fraction of sp³-hybridized carbons (Fsp3) is 0.250. The molecule has 1 aromatic heterocycles. The SMILES string of the molecule is CCCCOc1ccc(/C=C/c2nc(O)c([N+](=O)[O-])c(=O)[nH]2)cc1. The first-order valence-corrected chi connectivity index (χ1v) is 7.40. The average Bonchev–Trinajstić information content (AvgIpc) is 2.53. The van der Waals surface area contributed by atoms with Gasteiger partial charge >= 0.3 is 11.2 Å². The van der Waals surface area contributed by atoms with Crippen molar-refractivity contribution in [1.29, 1.82) is 0 Å². The maximum absolute atomic E-state index is 11.5. The number of aromatic amines is 1. The third-order valence-corrected chi connectivity index (χ3v) is 3.16. The smallest absolute Gasteiger partial charge is 0.395 e. The first-order chi connectivity index (χ1) is 11.5. The van der Waals surface area contributed by atoms with Crippen LogP contribution in [0.25, 0.3) is 12.2 Å². The Labute approximate surface area is 137 Å². The summed E-state index contributed by atoms with van der Waals surface area (Å²) in [6.45, 7) is 2.75. The van der Waals surface area contributed by atoms with Gasteiger partial charge in [0.25, 0.3) is 5.88 Å². The third-order valence-electron chi connectivity index (χ3n) is 3.16. The van der Waals surface area contributed by atoms with Crippen molar-refractivity contribution >= 4 is 17.8 Å². The number of H-pyrrole nitrogens is 1. The van der Waals surface area contributed by atoms with Gasteiger partial charge in [-0.25, -0.2) is 0 Å². The van der Waals surface area contributed by atoms with E-state index in [1.165, 1.54) is 6.08 Å². The minimum atomic E-state index is -1.01. The lowest BCUT2D eigenvalue weighted by Crippen LogP contribution is -2.14. The van der Waals surface area contributed by atoms with Crippen LogP contribution in [0.4, 0.5) is 5.69 Å². The molecule has 0 aliphatic heterocycles. The van der Waals surface area contributed by atoms with Crippen molar-refractivity contribution in [3.63, 3.8) is 0 Å². The molecule has 0 spiro atoms. The number of rotatable bonds is 7. The van der Waals surface area contributed by atoms with Crippen LogP contribution in [0.2, 0.25) is 0 Å². The molecule has 126 valence electrons. The third kappa shape index (κ3) is 4.42. The highest BCUT2D eigenvalue weighted by molar-refractivity contribution is 5.67.